The van der Waals surface area contributed by atoms with E-state index in [4.69, 9.17) is 0 Å². The first-order valence-electron chi connectivity index (χ1n) is 9.80. The molecule has 7 heteroatoms. The van der Waals surface area contributed by atoms with E-state index in [1.54, 1.807) is 30.6 Å². The predicted octanol–water partition coefficient (Wildman–Crippen LogP) is 4.00. The van der Waals surface area contributed by atoms with Gasteiger partial charge in [-0.25, -0.2) is 14.4 Å². The molecule has 2 aromatic carbocycles. The van der Waals surface area contributed by atoms with Crippen LogP contribution >= 0.6 is 0 Å². The number of aromatic nitrogens is 3. The van der Waals surface area contributed by atoms with E-state index in [0.29, 0.717) is 18.9 Å². The van der Waals surface area contributed by atoms with Crippen molar-refractivity contribution in [1.29, 1.82) is 0 Å². The Bertz CT molecular complexity index is 1110. The van der Waals surface area contributed by atoms with Crippen LogP contribution in [0.4, 0.5) is 10.3 Å². The number of anilines is 1. The lowest BCUT2D eigenvalue weighted by Crippen LogP contribution is -2.31. The second-order valence-corrected chi connectivity index (χ2v) is 6.98. The lowest BCUT2D eigenvalue weighted by molar-refractivity contribution is -0.121. The number of nitrogens with one attached hydrogen (secondary N) is 3. The zero-order valence-electron chi connectivity index (χ0n) is 16.3. The van der Waals surface area contributed by atoms with Crippen molar-refractivity contribution in [2.24, 2.45) is 0 Å². The number of hydrogen-bond acceptors (Lipinski definition) is 4. The summed E-state index contributed by atoms with van der Waals surface area (Å²) in [7, 11) is 0. The molecule has 6 nitrogen and oxygen atoms in total. The van der Waals surface area contributed by atoms with Crippen molar-refractivity contribution in [2.45, 2.75) is 18.9 Å². The lowest BCUT2D eigenvalue weighted by atomic mass is 9.98. The van der Waals surface area contributed by atoms with Gasteiger partial charge in [0.2, 0.25) is 11.9 Å². The van der Waals surface area contributed by atoms with Crippen LogP contribution in [-0.4, -0.2) is 27.4 Å². The van der Waals surface area contributed by atoms with Crippen LogP contribution in [0.1, 0.15) is 23.6 Å². The minimum Gasteiger partial charge on any atom is -0.361 e. The summed E-state index contributed by atoms with van der Waals surface area (Å²) in [5.74, 6) is 0.0785. The molecule has 4 aromatic rings. The molecule has 0 saturated carbocycles. The number of halogens is 1. The average molecular weight is 403 g/mol. The molecule has 2 aromatic heterocycles. The molecule has 1 atom stereocenters. The van der Waals surface area contributed by atoms with E-state index in [0.717, 1.165) is 22.0 Å². The Labute approximate surface area is 173 Å². The molecule has 0 aliphatic carbocycles. The van der Waals surface area contributed by atoms with E-state index in [-0.39, 0.29) is 24.2 Å². The molecule has 0 saturated heterocycles. The zero-order valence-corrected chi connectivity index (χ0v) is 16.3. The van der Waals surface area contributed by atoms with Crippen LogP contribution in [0.15, 0.2) is 73.2 Å². The van der Waals surface area contributed by atoms with Gasteiger partial charge in [0.15, 0.2) is 0 Å². The highest BCUT2D eigenvalue weighted by atomic mass is 19.1. The third-order valence-corrected chi connectivity index (χ3v) is 4.91. The van der Waals surface area contributed by atoms with Crippen LogP contribution in [0.3, 0.4) is 0 Å². The third-order valence-electron chi connectivity index (χ3n) is 4.91. The molecule has 0 unspecified atom stereocenters. The molecule has 152 valence electrons. The highest BCUT2D eigenvalue weighted by Crippen LogP contribution is 2.25. The molecule has 3 N–H and O–H groups in total. The number of H-pyrrole nitrogens is 1. The minimum atomic E-state index is -0.303. The number of para-hydroxylation sites is 1. The van der Waals surface area contributed by atoms with E-state index in [1.165, 1.54) is 12.1 Å². The molecule has 0 spiro atoms. The number of carbonyl (C=O) groups excluding carboxylic acids is 1. The van der Waals surface area contributed by atoms with Crippen LogP contribution in [0, 0.1) is 5.82 Å². The second kappa shape index (κ2) is 9.17. The van der Waals surface area contributed by atoms with Crippen LogP contribution in [0.5, 0.6) is 0 Å². The Morgan fingerprint density at radius 2 is 1.80 bits per heavy atom. The molecule has 4 rings (SSSR count). The van der Waals surface area contributed by atoms with Crippen LogP contribution in [-0.2, 0) is 11.2 Å². The van der Waals surface area contributed by atoms with Gasteiger partial charge in [-0.15, -0.1) is 0 Å². The van der Waals surface area contributed by atoms with Crippen LogP contribution in [0.2, 0.25) is 0 Å². The maximum Gasteiger partial charge on any atom is 0.222 e. The van der Waals surface area contributed by atoms with E-state index in [1.807, 2.05) is 24.4 Å². The van der Waals surface area contributed by atoms with E-state index in [9.17, 15) is 9.18 Å². The van der Waals surface area contributed by atoms with E-state index >= 15 is 0 Å². The van der Waals surface area contributed by atoms with E-state index < -0.39 is 0 Å². The van der Waals surface area contributed by atoms with Gasteiger partial charge in [-0.1, -0.05) is 30.3 Å². The summed E-state index contributed by atoms with van der Waals surface area (Å²) in [6.07, 6.45) is 6.10. The normalized spacial score (nSPS) is 11.9. The first-order chi connectivity index (χ1) is 14.7. The maximum absolute atomic E-state index is 13.4. The second-order valence-electron chi connectivity index (χ2n) is 6.98. The summed E-state index contributed by atoms with van der Waals surface area (Å²) in [4.78, 5) is 24.0. The SMILES string of the molecule is O=C(CCNc1ncccn1)N[C@@H](Cc1c[nH]c2ccccc12)c1ccc(F)cc1. The van der Waals surface area contributed by atoms with Crippen molar-refractivity contribution in [3.63, 3.8) is 0 Å². The fourth-order valence-electron chi connectivity index (χ4n) is 3.41. The number of rotatable bonds is 8. The van der Waals surface area contributed by atoms with Crippen molar-refractivity contribution >= 4 is 22.8 Å². The van der Waals surface area contributed by atoms with Gasteiger partial charge >= 0.3 is 0 Å². The van der Waals surface area contributed by atoms with Crippen LogP contribution < -0.4 is 10.6 Å². The van der Waals surface area contributed by atoms with Gasteiger partial charge in [-0.2, -0.15) is 0 Å². The van der Waals surface area contributed by atoms with Crippen molar-refractivity contribution in [2.75, 3.05) is 11.9 Å². The fourth-order valence-corrected chi connectivity index (χ4v) is 3.41. The van der Waals surface area contributed by atoms with Gasteiger partial charge in [0.05, 0.1) is 6.04 Å². The van der Waals surface area contributed by atoms with Gasteiger partial charge in [-0.05, 0) is 41.8 Å². The zero-order chi connectivity index (χ0) is 20.8. The highest BCUT2D eigenvalue weighted by Gasteiger charge is 2.17. The minimum absolute atomic E-state index is 0.104. The topological polar surface area (TPSA) is 82.7 Å². The predicted molar refractivity (Wildman–Crippen MR) is 114 cm³/mol. The largest absolute Gasteiger partial charge is 0.361 e. The van der Waals surface area contributed by atoms with E-state index in [2.05, 4.69) is 31.7 Å². The van der Waals surface area contributed by atoms with Crippen molar-refractivity contribution in [3.8, 4) is 0 Å². The molecule has 0 bridgehead atoms. The number of benzene rings is 2. The number of hydrogen-bond donors (Lipinski definition) is 3. The molecule has 0 radical (unpaired) electrons. The highest BCUT2D eigenvalue weighted by molar-refractivity contribution is 5.83. The van der Waals surface area contributed by atoms with Crippen molar-refractivity contribution < 1.29 is 9.18 Å². The standard InChI is InChI=1S/C23H22FN5O/c24-18-8-6-16(7-9-18)21(14-17-15-28-20-5-2-1-4-19(17)20)29-22(30)10-13-27-23-25-11-3-12-26-23/h1-9,11-12,15,21,28H,10,13-14H2,(H,29,30)(H,25,26,27)/t21-/m0/s1. The summed E-state index contributed by atoms with van der Waals surface area (Å²) in [6.45, 7) is 0.416. The first-order valence-corrected chi connectivity index (χ1v) is 9.80. The van der Waals surface area contributed by atoms with Gasteiger partial charge in [0, 0.05) is 42.5 Å². The summed E-state index contributed by atoms with van der Waals surface area (Å²) in [5.41, 5.74) is 2.99. The summed E-state index contributed by atoms with van der Waals surface area (Å²) < 4.78 is 13.4. The third kappa shape index (κ3) is 4.81. The number of nitrogens with zero attached hydrogens (tertiary/aromatic N) is 2. The Kier molecular flexibility index (Phi) is 5.98. The van der Waals surface area contributed by atoms with Gasteiger partial charge in [0.1, 0.15) is 5.82 Å². The number of fused-ring (bicyclic) bond motifs is 1. The maximum atomic E-state index is 13.4. The Morgan fingerprint density at radius 3 is 2.60 bits per heavy atom. The lowest BCUT2D eigenvalue weighted by Gasteiger charge is -2.19. The summed E-state index contributed by atoms with van der Waals surface area (Å²) >= 11 is 0. The Morgan fingerprint density at radius 1 is 1.03 bits per heavy atom. The van der Waals surface area contributed by atoms with Gasteiger partial charge < -0.3 is 15.6 Å². The molecular formula is C23H22FN5O. The quantitative estimate of drug-likeness (QED) is 0.415. The number of aromatic amines is 1. The van der Waals surface area contributed by atoms with Gasteiger partial charge in [-0.3, -0.25) is 4.79 Å². The smallest absolute Gasteiger partial charge is 0.222 e. The van der Waals surface area contributed by atoms with Crippen LogP contribution in [0.25, 0.3) is 10.9 Å². The first kappa shape index (κ1) is 19.6. The molecule has 0 fully saturated rings. The molecule has 30 heavy (non-hydrogen) atoms. The number of amides is 1. The fraction of sp³-hybridized carbons (Fsp3) is 0.174. The molecule has 1 amide bonds. The van der Waals surface area contributed by atoms with Gasteiger partial charge in [0.25, 0.3) is 0 Å². The Balaban J connectivity index is 1.46. The monoisotopic (exact) mass is 403 g/mol. The average Bonchev–Trinajstić information content (AvgIpc) is 3.17. The molecule has 0 aliphatic rings. The molecular weight excluding hydrogens is 381 g/mol. The van der Waals surface area contributed by atoms with Crippen molar-refractivity contribution in [3.05, 3.63) is 90.1 Å². The number of carbonyl (C=O) groups is 1. The summed E-state index contributed by atoms with van der Waals surface area (Å²) in [6, 6.07) is 15.7. The molecule has 2 heterocycles. The summed E-state index contributed by atoms with van der Waals surface area (Å²) in [5, 5.41) is 7.23. The Hall–Kier alpha value is -3.74. The molecule has 0 aliphatic heterocycles. The van der Waals surface area contributed by atoms with Crippen molar-refractivity contribution in [1.82, 2.24) is 20.3 Å².